The number of hydrogen-bond donors (Lipinski definition) is 1. The highest BCUT2D eigenvalue weighted by atomic mass is 35.5. The zero-order valence-corrected chi connectivity index (χ0v) is 17.2. The van der Waals surface area contributed by atoms with Crippen LogP contribution >= 0.6 is 22.9 Å². The van der Waals surface area contributed by atoms with Crippen LogP contribution in [-0.2, 0) is 6.42 Å². The number of aromatic nitrogens is 1. The van der Waals surface area contributed by atoms with Gasteiger partial charge in [-0.1, -0.05) is 35.9 Å². The Kier molecular flexibility index (Phi) is 6.26. The third kappa shape index (κ3) is 5.16. The lowest BCUT2D eigenvalue weighted by atomic mass is 10.1. The van der Waals surface area contributed by atoms with Crippen molar-refractivity contribution in [3.63, 3.8) is 0 Å². The van der Waals surface area contributed by atoms with Gasteiger partial charge in [0.05, 0.1) is 5.69 Å². The van der Waals surface area contributed by atoms with E-state index in [1.807, 2.05) is 43.3 Å². The van der Waals surface area contributed by atoms with Gasteiger partial charge in [-0.05, 0) is 57.3 Å². The smallest absolute Gasteiger partial charge is 0.267 e. The van der Waals surface area contributed by atoms with Crippen molar-refractivity contribution in [1.29, 1.82) is 0 Å². The summed E-state index contributed by atoms with van der Waals surface area (Å²) in [5.74, 6) is -0.133. The fourth-order valence-corrected chi connectivity index (χ4v) is 3.71. The zero-order valence-electron chi connectivity index (χ0n) is 15.6. The van der Waals surface area contributed by atoms with Gasteiger partial charge >= 0.3 is 0 Å². The number of hydrogen-bond acceptors (Lipinski definition) is 4. The number of anilines is 1. The first-order valence-electron chi connectivity index (χ1n) is 8.71. The second kappa shape index (κ2) is 8.65. The summed E-state index contributed by atoms with van der Waals surface area (Å²) < 4.78 is 0. The molecule has 0 bridgehead atoms. The van der Waals surface area contributed by atoms with E-state index in [-0.39, 0.29) is 5.91 Å². The van der Waals surface area contributed by atoms with Gasteiger partial charge in [0.25, 0.3) is 5.91 Å². The number of nitrogens with zero attached hydrogens (tertiary/aromatic N) is 2. The lowest BCUT2D eigenvalue weighted by Crippen LogP contribution is -2.15. The minimum absolute atomic E-state index is 0.133. The monoisotopic (exact) mass is 399 g/mol. The molecule has 0 atom stereocenters. The molecule has 4 nitrogen and oxygen atoms in total. The highest BCUT2D eigenvalue weighted by molar-refractivity contribution is 7.17. The molecule has 6 heteroatoms. The molecule has 27 heavy (non-hydrogen) atoms. The van der Waals surface area contributed by atoms with Crippen molar-refractivity contribution in [3.8, 4) is 10.6 Å². The van der Waals surface area contributed by atoms with Crippen LogP contribution in [0, 0.1) is 6.92 Å². The Morgan fingerprint density at radius 1 is 1.11 bits per heavy atom. The standard InChI is InChI=1S/C21H22ClN3OS/c1-14-19(27-21(23-14)16-6-8-17(22)9-7-16)20(26)24-18-10-4-15(5-11-18)12-13-25(2)3/h4-11H,12-13H2,1-3H3,(H,24,26). The molecule has 140 valence electrons. The van der Waals surface area contributed by atoms with Gasteiger partial charge in [0.15, 0.2) is 0 Å². The molecule has 0 aliphatic carbocycles. The molecule has 2 aromatic carbocycles. The van der Waals surface area contributed by atoms with Gasteiger partial charge in [-0.15, -0.1) is 11.3 Å². The first kappa shape index (κ1) is 19.5. The van der Waals surface area contributed by atoms with Gasteiger partial charge in [0, 0.05) is 22.8 Å². The summed E-state index contributed by atoms with van der Waals surface area (Å²) >= 11 is 7.33. The van der Waals surface area contributed by atoms with E-state index in [1.54, 1.807) is 0 Å². The third-order valence-corrected chi connectivity index (χ3v) is 5.61. The molecule has 0 saturated carbocycles. The van der Waals surface area contributed by atoms with E-state index in [0.717, 1.165) is 34.9 Å². The second-order valence-corrected chi connectivity index (χ2v) is 8.08. The van der Waals surface area contributed by atoms with Gasteiger partial charge in [-0.3, -0.25) is 4.79 Å². The average molecular weight is 400 g/mol. The zero-order chi connectivity index (χ0) is 19.4. The Hall–Kier alpha value is -2.21. The fraction of sp³-hybridized carbons (Fsp3) is 0.238. The number of benzene rings is 2. The number of carbonyl (C=O) groups excluding carboxylic acids is 1. The lowest BCUT2D eigenvalue weighted by Gasteiger charge is -2.10. The van der Waals surface area contributed by atoms with Gasteiger partial charge in [-0.2, -0.15) is 0 Å². The minimum Gasteiger partial charge on any atom is -0.321 e. The molecule has 3 rings (SSSR count). The van der Waals surface area contributed by atoms with E-state index in [4.69, 9.17) is 11.6 Å². The average Bonchev–Trinajstić information content (AvgIpc) is 3.03. The maximum atomic E-state index is 12.7. The molecular formula is C21H22ClN3OS. The molecule has 0 fully saturated rings. The van der Waals surface area contributed by atoms with Crippen molar-refractivity contribution in [1.82, 2.24) is 9.88 Å². The van der Waals surface area contributed by atoms with Crippen LogP contribution in [0.3, 0.4) is 0 Å². The number of amides is 1. The minimum atomic E-state index is -0.133. The predicted octanol–water partition coefficient (Wildman–Crippen LogP) is 5.13. The largest absolute Gasteiger partial charge is 0.321 e. The van der Waals surface area contributed by atoms with Crippen molar-refractivity contribution >= 4 is 34.5 Å². The van der Waals surface area contributed by atoms with Crippen LogP contribution in [-0.4, -0.2) is 36.4 Å². The van der Waals surface area contributed by atoms with Gasteiger partial charge in [-0.25, -0.2) is 4.98 Å². The topological polar surface area (TPSA) is 45.2 Å². The number of halogens is 1. The Morgan fingerprint density at radius 2 is 1.78 bits per heavy atom. The molecule has 0 radical (unpaired) electrons. The van der Waals surface area contributed by atoms with E-state index in [2.05, 4.69) is 41.4 Å². The molecule has 1 amide bonds. The Morgan fingerprint density at radius 3 is 2.41 bits per heavy atom. The molecule has 0 aliphatic heterocycles. The van der Waals surface area contributed by atoms with Crippen molar-refractivity contribution in [2.45, 2.75) is 13.3 Å². The third-order valence-electron chi connectivity index (χ3n) is 4.15. The van der Waals surface area contributed by atoms with Crippen LogP contribution in [0.4, 0.5) is 5.69 Å². The van der Waals surface area contributed by atoms with Crippen LogP contribution in [0.25, 0.3) is 10.6 Å². The summed E-state index contributed by atoms with van der Waals surface area (Å²) in [6.45, 7) is 2.86. The number of thiazole rings is 1. The number of aryl methyl sites for hydroxylation is 1. The van der Waals surface area contributed by atoms with Crippen molar-refractivity contribution in [2.75, 3.05) is 26.0 Å². The van der Waals surface area contributed by atoms with E-state index in [1.165, 1.54) is 16.9 Å². The fourth-order valence-electron chi connectivity index (χ4n) is 2.62. The highest BCUT2D eigenvalue weighted by Crippen LogP contribution is 2.29. The quantitative estimate of drug-likeness (QED) is 0.625. The van der Waals surface area contributed by atoms with Crippen LogP contribution < -0.4 is 5.32 Å². The van der Waals surface area contributed by atoms with Gasteiger partial charge in [0.2, 0.25) is 0 Å². The molecule has 1 N–H and O–H groups in total. The van der Waals surface area contributed by atoms with E-state index < -0.39 is 0 Å². The van der Waals surface area contributed by atoms with Crippen molar-refractivity contribution in [2.24, 2.45) is 0 Å². The summed E-state index contributed by atoms with van der Waals surface area (Å²) in [6.07, 6.45) is 0.986. The number of carbonyl (C=O) groups is 1. The Labute approximate surface area is 168 Å². The summed E-state index contributed by atoms with van der Waals surface area (Å²) in [5, 5.41) is 4.46. The normalized spacial score (nSPS) is 11.0. The van der Waals surface area contributed by atoms with Gasteiger partial charge in [0.1, 0.15) is 9.88 Å². The highest BCUT2D eigenvalue weighted by Gasteiger charge is 2.16. The molecule has 0 aliphatic rings. The van der Waals surface area contributed by atoms with Crippen molar-refractivity contribution < 1.29 is 4.79 Å². The second-order valence-electron chi connectivity index (χ2n) is 6.64. The van der Waals surface area contributed by atoms with Crippen LogP contribution in [0.1, 0.15) is 20.9 Å². The first-order chi connectivity index (χ1) is 12.9. The molecule has 0 saturated heterocycles. The lowest BCUT2D eigenvalue weighted by molar-refractivity contribution is 0.103. The summed E-state index contributed by atoms with van der Waals surface area (Å²) in [5.41, 5.74) is 3.72. The Bertz CT molecular complexity index is 918. The maximum absolute atomic E-state index is 12.7. The number of nitrogens with one attached hydrogen (secondary N) is 1. The van der Waals surface area contributed by atoms with Crippen LogP contribution in [0.2, 0.25) is 5.02 Å². The van der Waals surface area contributed by atoms with Crippen LogP contribution in [0.15, 0.2) is 48.5 Å². The van der Waals surface area contributed by atoms with E-state index >= 15 is 0 Å². The summed E-state index contributed by atoms with van der Waals surface area (Å²) in [7, 11) is 4.12. The van der Waals surface area contributed by atoms with E-state index in [9.17, 15) is 4.79 Å². The molecule has 0 spiro atoms. The number of likely N-dealkylation sites (N-methyl/N-ethyl adjacent to an activating group) is 1. The van der Waals surface area contributed by atoms with Gasteiger partial charge < -0.3 is 10.2 Å². The Balaban J connectivity index is 1.70. The molecular weight excluding hydrogens is 378 g/mol. The summed E-state index contributed by atoms with van der Waals surface area (Å²) in [4.78, 5) is 20.0. The van der Waals surface area contributed by atoms with Crippen LogP contribution in [0.5, 0.6) is 0 Å². The first-order valence-corrected chi connectivity index (χ1v) is 9.90. The number of rotatable bonds is 6. The molecule has 1 heterocycles. The summed E-state index contributed by atoms with van der Waals surface area (Å²) in [6, 6.07) is 15.5. The predicted molar refractivity (Wildman–Crippen MR) is 114 cm³/mol. The van der Waals surface area contributed by atoms with Crippen molar-refractivity contribution in [3.05, 3.63) is 69.7 Å². The molecule has 3 aromatic rings. The SMILES string of the molecule is Cc1nc(-c2ccc(Cl)cc2)sc1C(=O)Nc1ccc(CCN(C)C)cc1. The molecule has 1 aromatic heterocycles. The maximum Gasteiger partial charge on any atom is 0.267 e. The van der Waals surface area contributed by atoms with E-state index in [0.29, 0.717) is 9.90 Å². The molecule has 0 unspecified atom stereocenters.